The predicted octanol–water partition coefficient (Wildman–Crippen LogP) is 0.363. The fourth-order valence-corrected chi connectivity index (χ4v) is 2.33. The minimum atomic E-state index is -4.32. The minimum Gasteiger partial charge on any atom is -0.321 e. The van der Waals surface area contributed by atoms with Gasteiger partial charge in [-0.05, 0) is 0 Å². The highest BCUT2D eigenvalue weighted by Crippen LogP contribution is 2.37. The maximum absolute atomic E-state index is 10.7. The molecule has 0 aliphatic carbocycles. The van der Waals surface area contributed by atoms with E-state index in [4.69, 9.17) is 29.4 Å². The first kappa shape index (κ1) is 21.6. The molecule has 10 nitrogen and oxygen atoms in total. The number of rotatable bonds is 9. The second-order valence-corrected chi connectivity index (χ2v) is 8.57. The van der Waals surface area contributed by atoms with E-state index in [1.54, 1.807) is 0 Å². The largest absolute Gasteiger partial charge is 0.348 e. The van der Waals surface area contributed by atoms with Crippen LogP contribution in [0.1, 0.15) is 0 Å². The lowest BCUT2D eigenvalue weighted by Crippen LogP contribution is -2.24. The number of hydrogen-bond acceptors (Lipinski definition) is 4. The van der Waals surface area contributed by atoms with Crippen molar-refractivity contribution in [2.45, 2.75) is 0 Å². The molecule has 128 valence electrons. The Kier molecular flexibility index (Phi) is 8.90. The van der Waals surface area contributed by atoms with Crippen molar-refractivity contribution in [1.82, 2.24) is 4.90 Å². The molecule has 0 heterocycles. The molecule has 6 N–H and O–H groups in total. The Balaban J connectivity index is 4.76. The summed E-state index contributed by atoms with van der Waals surface area (Å²) in [6.45, 7) is 0.00627. The first-order chi connectivity index (χ1) is 9.79. The smallest absolute Gasteiger partial charge is 0.321 e. The lowest BCUT2D eigenvalue weighted by Gasteiger charge is -2.16. The van der Waals surface area contributed by atoms with Crippen LogP contribution in [0.15, 0.2) is 35.7 Å². The maximum Gasteiger partial charge on any atom is 0.348 e. The van der Waals surface area contributed by atoms with Gasteiger partial charge >= 0.3 is 22.8 Å². The summed E-state index contributed by atoms with van der Waals surface area (Å²) in [4.78, 5) is 53.4. The van der Waals surface area contributed by atoms with Crippen molar-refractivity contribution < 1.29 is 43.1 Å². The van der Waals surface area contributed by atoms with Gasteiger partial charge in [-0.2, -0.15) is 0 Å². The SMILES string of the molecule is O=P(O)(O)C=CCN(CC=CP(=O)(O)O)CC=CP(=O)(O)O. The molecule has 13 heteroatoms. The molecule has 0 aliphatic heterocycles. The zero-order chi connectivity index (χ0) is 17.4. The zero-order valence-corrected chi connectivity index (χ0v) is 14.0. The summed E-state index contributed by atoms with van der Waals surface area (Å²) in [6, 6.07) is 0. The van der Waals surface area contributed by atoms with E-state index in [9.17, 15) is 13.7 Å². The standard InChI is InChI=1S/C9H18NO9P3/c11-20(12,13)7-1-4-10(5-2-8-21(14,15)16)6-3-9-22(17,18)19/h1-3,7-9H,4-6H2,(H2,11,12,13)(H2,14,15,16)(H2,17,18,19). The van der Waals surface area contributed by atoms with Gasteiger partial charge in [-0.1, -0.05) is 18.2 Å². The van der Waals surface area contributed by atoms with Crippen LogP contribution in [-0.4, -0.2) is 53.9 Å². The van der Waals surface area contributed by atoms with E-state index in [0.29, 0.717) is 17.5 Å². The number of nitrogens with zero attached hydrogens (tertiary/aromatic N) is 1. The van der Waals surface area contributed by atoms with Crippen LogP contribution in [0.2, 0.25) is 0 Å². The Morgan fingerprint density at radius 2 is 0.818 bits per heavy atom. The van der Waals surface area contributed by atoms with E-state index in [-0.39, 0.29) is 19.6 Å². The van der Waals surface area contributed by atoms with E-state index < -0.39 is 22.8 Å². The fourth-order valence-electron chi connectivity index (χ4n) is 1.22. The van der Waals surface area contributed by atoms with Crippen molar-refractivity contribution in [2.75, 3.05) is 19.6 Å². The average molecular weight is 377 g/mol. The van der Waals surface area contributed by atoms with Gasteiger partial charge in [0, 0.05) is 37.1 Å². The normalized spacial score (nSPS) is 14.9. The van der Waals surface area contributed by atoms with Crippen molar-refractivity contribution in [3.63, 3.8) is 0 Å². The highest BCUT2D eigenvalue weighted by atomic mass is 31.2. The summed E-state index contributed by atoms with van der Waals surface area (Å²) < 4.78 is 32.0. The van der Waals surface area contributed by atoms with Crippen LogP contribution in [0.5, 0.6) is 0 Å². The maximum atomic E-state index is 10.7. The van der Waals surface area contributed by atoms with Gasteiger partial charge < -0.3 is 29.4 Å². The topological polar surface area (TPSA) is 176 Å². The van der Waals surface area contributed by atoms with Gasteiger partial charge in [0.2, 0.25) is 0 Å². The first-order valence-electron chi connectivity index (χ1n) is 5.70. The van der Waals surface area contributed by atoms with E-state index in [1.165, 1.54) is 4.90 Å². The third-order valence-corrected chi connectivity index (χ3v) is 3.79. The molecule has 0 unspecified atom stereocenters. The highest BCUT2D eigenvalue weighted by Gasteiger charge is 2.09. The Morgan fingerprint density at radius 1 is 0.591 bits per heavy atom. The summed E-state index contributed by atoms with van der Waals surface area (Å²) in [5.41, 5.74) is 0. The molecule has 22 heavy (non-hydrogen) atoms. The molecule has 0 aromatic heterocycles. The van der Waals surface area contributed by atoms with Gasteiger partial charge in [0.05, 0.1) is 0 Å². The van der Waals surface area contributed by atoms with E-state index in [1.807, 2.05) is 0 Å². The van der Waals surface area contributed by atoms with Gasteiger partial charge in [0.25, 0.3) is 0 Å². The van der Waals surface area contributed by atoms with E-state index in [0.717, 1.165) is 18.2 Å². The first-order valence-corrected chi connectivity index (χ1v) is 10.7. The van der Waals surface area contributed by atoms with Gasteiger partial charge in [-0.3, -0.25) is 18.6 Å². The average Bonchev–Trinajstić information content (AvgIpc) is 2.23. The summed E-state index contributed by atoms with van der Waals surface area (Å²) in [7, 11) is -13.0. The zero-order valence-electron chi connectivity index (χ0n) is 11.3. The molecule has 0 amide bonds. The molecule has 0 rings (SSSR count). The minimum absolute atomic E-state index is 0.00209. The summed E-state index contributed by atoms with van der Waals surface area (Å²) in [6.07, 6.45) is 3.45. The Bertz CT molecular complexity index is 486. The van der Waals surface area contributed by atoms with E-state index >= 15 is 0 Å². The van der Waals surface area contributed by atoms with Gasteiger partial charge in [0.1, 0.15) is 0 Å². The van der Waals surface area contributed by atoms with Crippen molar-refractivity contribution >= 4 is 22.8 Å². The summed E-state index contributed by atoms with van der Waals surface area (Å²) >= 11 is 0. The number of hydrogen-bond donors (Lipinski definition) is 6. The summed E-state index contributed by atoms with van der Waals surface area (Å²) in [5.74, 6) is 2.00. The van der Waals surface area contributed by atoms with E-state index in [2.05, 4.69) is 0 Å². The van der Waals surface area contributed by atoms with Crippen molar-refractivity contribution in [3.8, 4) is 0 Å². The molecule has 0 bridgehead atoms. The lowest BCUT2D eigenvalue weighted by atomic mass is 10.4. The Hall–Kier alpha value is -0.370. The molecular weight excluding hydrogens is 359 g/mol. The third-order valence-electron chi connectivity index (χ3n) is 1.99. The molecule has 0 spiro atoms. The molecule has 0 saturated carbocycles. The van der Waals surface area contributed by atoms with Crippen molar-refractivity contribution in [2.24, 2.45) is 0 Å². The van der Waals surface area contributed by atoms with Gasteiger partial charge in [-0.25, -0.2) is 0 Å². The van der Waals surface area contributed by atoms with Gasteiger partial charge in [-0.15, -0.1) is 0 Å². The molecule has 0 radical (unpaired) electrons. The molecule has 0 aromatic carbocycles. The molecule has 0 fully saturated rings. The van der Waals surface area contributed by atoms with Crippen LogP contribution in [0.25, 0.3) is 0 Å². The molecule has 0 saturated heterocycles. The molecule has 0 aromatic rings. The molecule has 0 atom stereocenters. The van der Waals surface area contributed by atoms with Crippen LogP contribution in [0, 0.1) is 0 Å². The highest BCUT2D eigenvalue weighted by molar-refractivity contribution is 7.55. The lowest BCUT2D eigenvalue weighted by molar-refractivity contribution is 0.367. The second-order valence-electron chi connectivity index (χ2n) is 4.14. The fraction of sp³-hybridized carbons (Fsp3) is 0.333. The third kappa shape index (κ3) is 16.0. The summed E-state index contributed by atoms with van der Waals surface area (Å²) in [5, 5.41) is 0. The Morgan fingerprint density at radius 3 is 1.00 bits per heavy atom. The van der Waals surface area contributed by atoms with Crippen LogP contribution in [0.4, 0.5) is 0 Å². The van der Waals surface area contributed by atoms with Crippen LogP contribution < -0.4 is 0 Å². The van der Waals surface area contributed by atoms with Crippen LogP contribution in [-0.2, 0) is 13.7 Å². The monoisotopic (exact) mass is 377 g/mol. The van der Waals surface area contributed by atoms with Crippen LogP contribution in [0.3, 0.4) is 0 Å². The second kappa shape index (κ2) is 9.05. The predicted molar refractivity (Wildman–Crippen MR) is 80.0 cm³/mol. The van der Waals surface area contributed by atoms with Crippen molar-refractivity contribution in [3.05, 3.63) is 35.7 Å². The quantitative estimate of drug-likeness (QED) is 0.308. The van der Waals surface area contributed by atoms with Crippen molar-refractivity contribution in [1.29, 1.82) is 0 Å². The van der Waals surface area contributed by atoms with Gasteiger partial charge in [0.15, 0.2) is 0 Å². The Labute approximate surface area is 127 Å². The molecular formula is C9H18NO9P3. The van der Waals surface area contributed by atoms with Crippen LogP contribution >= 0.6 is 22.8 Å². The molecule has 0 aliphatic rings.